The number of aliphatic hydroxyl groups is 1. The minimum atomic E-state index is -1.37. The van der Waals surface area contributed by atoms with E-state index in [9.17, 15) is 9.32 Å². The standard InChI is InChI=1S/C7H9NO3S2/c1-7(2,9)6-8-4-3-11-13(10)5(4)12-6/h9H,3H2,1-2H3. The second-order valence-electron chi connectivity index (χ2n) is 3.31. The molecular weight excluding hydrogens is 210 g/mol. The predicted octanol–water partition coefficient (Wildman–Crippen LogP) is 0.923. The Balaban J connectivity index is 2.45. The van der Waals surface area contributed by atoms with Crippen molar-refractivity contribution in [3.05, 3.63) is 10.7 Å². The molecule has 1 unspecified atom stereocenters. The van der Waals surface area contributed by atoms with E-state index in [0.29, 0.717) is 14.9 Å². The van der Waals surface area contributed by atoms with Gasteiger partial charge in [0.15, 0.2) is 0 Å². The van der Waals surface area contributed by atoms with Crippen LogP contribution in [0.5, 0.6) is 0 Å². The summed E-state index contributed by atoms with van der Waals surface area (Å²) in [6, 6.07) is 0. The van der Waals surface area contributed by atoms with Gasteiger partial charge in [-0.25, -0.2) is 9.19 Å². The lowest BCUT2D eigenvalue weighted by Crippen LogP contribution is -2.15. The maximum Gasteiger partial charge on any atom is 0.202 e. The number of nitrogens with zero attached hydrogens (tertiary/aromatic N) is 1. The van der Waals surface area contributed by atoms with Crippen LogP contribution in [0.2, 0.25) is 0 Å². The predicted molar refractivity (Wildman–Crippen MR) is 48.6 cm³/mol. The molecule has 1 atom stereocenters. The van der Waals surface area contributed by atoms with E-state index < -0.39 is 16.7 Å². The van der Waals surface area contributed by atoms with E-state index in [1.54, 1.807) is 13.8 Å². The molecular formula is C7H9NO3S2. The van der Waals surface area contributed by atoms with E-state index in [1.165, 1.54) is 11.3 Å². The normalized spacial score (nSPS) is 21.9. The molecule has 72 valence electrons. The molecule has 0 radical (unpaired) electrons. The molecule has 6 heteroatoms. The van der Waals surface area contributed by atoms with Crippen LogP contribution in [0.1, 0.15) is 24.5 Å². The highest BCUT2D eigenvalue weighted by atomic mass is 32.2. The summed E-state index contributed by atoms with van der Waals surface area (Å²) in [6.45, 7) is 3.60. The molecule has 1 N–H and O–H groups in total. The molecule has 0 aromatic carbocycles. The average molecular weight is 219 g/mol. The maximum atomic E-state index is 11.2. The summed E-state index contributed by atoms with van der Waals surface area (Å²) in [5.74, 6) is 0. The van der Waals surface area contributed by atoms with Crippen LogP contribution in [-0.4, -0.2) is 14.3 Å². The third-order valence-corrected chi connectivity index (χ3v) is 4.37. The Hall–Kier alpha value is -0.300. The van der Waals surface area contributed by atoms with Crippen LogP contribution in [0.15, 0.2) is 4.21 Å². The van der Waals surface area contributed by atoms with Gasteiger partial charge in [0.2, 0.25) is 11.1 Å². The molecule has 2 rings (SSSR count). The topological polar surface area (TPSA) is 59.4 Å². The zero-order chi connectivity index (χ0) is 9.64. The Morgan fingerprint density at radius 3 is 2.92 bits per heavy atom. The lowest BCUT2D eigenvalue weighted by molar-refractivity contribution is 0.0780. The van der Waals surface area contributed by atoms with Crippen molar-refractivity contribution in [2.24, 2.45) is 0 Å². The second kappa shape index (κ2) is 2.84. The SMILES string of the molecule is CC(C)(O)c1nc2c(s1)S(=O)OC2. The van der Waals surface area contributed by atoms with Crippen LogP contribution in [0.3, 0.4) is 0 Å². The Labute approximate surface area is 82.2 Å². The van der Waals surface area contributed by atoms with E-state index in [4.69, 9.17) is 4.18 Å². The molecule has 1 aromatic rings. The minimum absolute atomic E-state index is 0.286. The van der Waals surface area contributed by atoms with Gasteiger partial charge in [0, 0.05) is 0 Å². The molecule has 0 amide bonds. The molecule has 0 fully saturated rings. The molecule has 1 aliphatic heterocycles. The summed E-state index contributed by atoms with van der Waals surface area (Å²) in [5.41, 5.74) is -0.264. The first-order chi connectivity index (χ1) is 5.98. The highest BCUT2D eigenvalue weighted by molar-refractivity contribution is 7.83. The van der Waals surface area contributed by atoms with E-state index in [0.717, 1.165) is 0 Å². The van der Waals surface area contributed by atoms with Crippen molar-refractivity contribution < 1.29 is 13.5 Å². The van der Waals surface area contributed by atoms with Crippen LogP contribution in [0, 0.1) is 0 Å². The summed E-state index contributed by atoms with van der Waals surface area (Å²) < 4.78 is 16.7. The maximum absolute atomic E-state index is 11.2. The van der Waals surface area contributed by atoms with Crippen molar-refractivity contribution >= 4 is 22.4 Å². The van der Waals surface area contributed by atoms with Gasteiger partial charge in [-0.05, 0) is 13.8 Å². The summed E-state index contributed by atoms with van der Waals surface area (Å²) in [7, 11) is 0. The van der Waals surface area contributed by atoms with E-state index in [2.05, 4.69) is 4.98 Å². The summed E-state index contributed by atoms with van der Waals surface area (Å²) >= 11 is -0.116. The second-order valence-corrected chi connectivity index (χ2v) is 5.68. The molecule has 4 nitrogen and oxygen atoms in total. The highest BCUT2D eigenvalue weighted by Gasteiger charge is 2.29. The molecule has 0 saturated heterocycles. The largest absolute Gasteiger partial charge is 0.383 e. The quantitative estimate of drug-likeness (QED) is 0.763. The highest BCUT2D eigenvalue weighted by Crippen LogP contribution is 2.34. The van der Waals surface area contributed by atoms with E-state index in [-0.39, 0.29) is 6.61 Å². The van der Waals surface area contributed by atoms with Crippen molar-refractivity contribution in [2.75, 3.05) is 0 Å². The summed E-state index contributed by atoms with van der Waals surface area (Å²) in [4.78, 5) is 4.16. The molecule has 0 bridgehead atoms. The van der Waals surface area contributed by atoms with Gasteiger partial charge in [-0.2, -0.15) is 0 Å². The van der Waals surface area contributed by atoms with Gasteiger partial charge in [-0.15, -0.1) is 11.3 Å². The Bertz CT molecular complexity index is 366. The van der Waals surface area contributed by atoms with Crippen molar-refractivity contribution in [1.82, 2.24) is 4.98 Å². The molecule has 0 aliphatic carbocycles. The van der Waals surface area contributed by atoms with Gasteiger partial charge >= 0.3 is 0 Å². The molecule has 13 heavy (non-hydrogen) atoms. The van der Waals surface area contributed by atoms with Gasteiger partial charge in [-0.1, -0.05) is 0 Å². The number of fused-ring (bicyclic) bond motifs is 1. The van der Waals surface area contributed by atoms with Crippen molar-refractivity contribution in [2.45, 2.75) is 30.3 Å². The first-order valence-corrected chi connectivity index (χ1v) is 5.65. The number of hydrogen-bond donors (Lipinski definition) is 1. The lowest BCUT2D eigenvalue weighted by Gasteiger charge is -2.12. The number of thiazole rings is 1. The molecule has 0 saturated carbocycles. The van der Waals surface area contributed by atoms with E-state index >= 15 is 0 Å². The Morgan fingerprint density at radius 2 is 2.38 bits per heavy atom. The number of hydrogen-bond acceptors (Lipinski definition) is 5. The van der Waals surface area contributed by atoms with Crippen molar-refractivity contribution in [3.63, 3.8) is 0 Å². The van der Waals surface area contributed by atoms with Gasteiger partial charge < -0.3 is 5.11 Å². The molecule has 0 spiro atoms. The van der Waals surface area contributed by atoms with Gasteiger partial charge in [0.1, 0.15) is 21.4 Å². The average Bonchev–Trinajstić information content (AvgIpc) is 2.51. The molecule has 2 heterocycles. The summed E-state index contributed by atoms with van der Waals surface area (Å²) in [5, 5.41) is 10.2. The monoisotopic (exact) mass is 219 g/mol. The van der Waals surface area contributed by atoms with Crippen LogP contribution < -0.4 is 0 Å². The third-order valence-electron chi connectivity index (χ3n) is 1.64. The third kappa shape index (κ3) is 1.54. The fourth-order valence-electron chi connectivity index (χ4n) is 0.984. The fraction of sp³-hybridized carbons (Fsp3) is 0.571. The lowest BCUT2D eigenvalue weighted by atomic mass is 10.2. The van der Waals surface area contributed by atoms with Crippen molar-refractivity contribution in [3.8, 4) is 0 Å². The van der Waals surface area contributed by atoms with Crippen LogP contribution in [0.4, 0.5) is 0 Å². The Kier molecular flexibility index (Phi) is 2.03. The first-order valence-electron chi connectivity index (χ1n) is 3.76. The number of aromatic nitrogens is 1. The van der Waals surface area contributed by atoms with Gasteiger partial charge in [0.05, 0.1) is 5.69 Å². The molecule has 1 aromatic heterocycles. The smallest absolute Gasteiger partial charge is 0.202 e. The van der Waals surface area contributed by atoms with E-state index in [1.807, 2.05) is 0 Å². The zero-order valence-corrected chi connectivity index (χ0v) is 8.87. The zero-order valence-electron chi connectivity index (χ0n) is 7.23. The first kappa shape index (κ1) is 9.26. The van der Waals surface area contributed by atoms with Gasteiger partial charge in [0.25, 0.3) is 0 Å². The Morgan fingerprint density at radius 1 is 1.69 bits per heavy atom. The van der Waals surface area contributed by atoms with Gasteiger partial charge in [-0.3, -0.25) is 4.18 Å². The molecule has 1 aliphatic rings. The van der Waals surface area contributed by atoms with Crippen LogP contribution in [-0.2, 0) is 27.5 Å². The fourth-order valence-corrected chi connectivity index (χ4v) is 3.06. The number of rotatable bonds is 1. The van der Waals surface area contributed by atoms with Crippen LogP contribution >= 0.6 is 11.3 Å². The van der Waals surface area contributed by atoms with Crippen molar-refractivity contribution in [1.29, 1.82) is 0 Å². The van der Waals surface area contributed by atoms with Crippen LogP contribution in [0.25, 0.3) is 0 Å². The summed E-state index contributed by atoms with van der Waals surface area (Å²) in [6.07, 6.45) is 0. The minimum Gasteiger partial charge on any atom is -0.383 e.